The van der Waals surface area contributed by atoms with Crippen LogP contribution in [0.4, 0.5) is 10.6 Å². The number of hydrogen-bond donors (Lipinski definition) is 1. The van der Waals surface area contributed by atoms with Crippen LogP contribution in [-0.4, -0.2) is 38.5 Å². The van der Waals surface area contributed by atoms with Crippen molar-refractivity contribution in [2.24, 2.45) is 0 Å². The van der Waals surface area contributed by atoms with Crippen molar-refractivity contribution < 1.29 is 9.53 Å². The first-order valence-electron chi connectivity index (χ1n) is 8.37. The number of fused-ring (bicyclic) bond motifs is 1. The summed E-state index contributed by atoms with van der Waals surface area (Å²) in [7, 11) is 0. The van der Waals surface area contributed by atoms with E-state index in [1.165, 1.54) is 0 Å². The topological polar surface area (TPSA) is 85.8 Å². The number of carbonyl (C=O) groups excluding carboxylic acids is 1. The number of benzene rings is 1. The van der Waals surface area contributed by atoms with Gasteiger partial charge in [0.05, 0.1) is 0 Å². The number of ether oxygens (including phenoxy) is 1. The second-order valence-electron chi connectivity index (χ2n) is 6.26. The van der Waals surface area contributed by atoms with Gasteiger partial charge in [-0.05, 0) is 27.9 Å². The largest absolute Gasteiger partial charge is 0.445 e. The molecular weight excluding hydrogens is 398 g/mol. The molecule has 26 heavy (non-hydrogen) atoms. The zero-order valence-corrected chi connectivity index (χ0v) is 15.6. The number of hydrogen-bond acceptors (Lipinski definition) is 5. The first-order chi connectivity index (χ1) is 12.6. The molecule has 2 N–H and O–H groups in total. The van der Waals surface area contributed by atoms with Crippen molar-refractivity contribution in [3.8, 4) is 0 Å². The summed E-state index contributed by atoms with van der Waals surface area (Å²) in [4.78, 5) is 22.8. The smallest absolute Gasteiger partial charge is 0.410 e. The molecule has 7 nitrogen and oxygen atoms in total. The Morgan fingerprint density at radius 3 is 2.96 bits per heavy atom. The molecule has 0 unspecified atom stereocenters. The third-order valence-corrected chi connectivity index (χ3v) is 5.14. The van der Waals surface area contributed by atoms with E-state index < -0.39 is 0 Å². The quantitative estimate of drug-likeness (QED) is 0.709. The van der Waals surface area contributed by atoms with E-state index in [1.54, 1.807) is 11.1 Å². The van der Waals surface area contributed by atoms with Crippen molar-refractivity contribution in [1.29, 1.82) is 0 Å². The number of likely N-dealkylation sites (tertiary alicyclic amines) is 1. The molecule has 3 aromatic rings. The molecule has 1 amide bonds. The zero-order valence-electron chi connectivity index (χ0n) is 14.0. The summed E-state index contributed by atoms with van der Waals surface area (Å²) in [6.07, 6.45) is 4.03. The standard InChI is InChI=1S/C18H18BrN5O2/c19-15-14-16(20)21-7-9-24(14)17(22-15)13-6-8-23(10-13)18(25)26-11-12-4-2-1-3-5-12/h1-5,7,9,13H,6,8,10-11H2,(H2,20,21)/t13-/m0/s1. The fraction of sp³-hybridized carbons (Fsp3) is 0.278. The van der Waals surface area contributed by atoms with Gasteiger partial charge in [-0.2, -0.15) is 0 Å². The van der Waals surface area contributed by atoms with Crippen LogP contribution in [0.15, 0.2) is 47.3 Å². The number of rotatable bonds is 3. The molecule has 2 aromatic heterocycles. The SMILES string of the molecule is Nc1nccn2c([C@H]3CCN(C(=O)OCc4ccccc4)C3)nc(Br)c12. The van der Waals surface area contributed by atoms with E-state index in [4.69, 9.17) is 10.5 Å². The summed E-state index contributed by atoms with van der Waals surface area (Å²) in [6, 6.07) is 9.67. The predicted octanol–water partition coefficient (Wildman–Crippen LogP) is 3.20. The van der Waals surface area contributed by atoms with Gasteiger partial charge >= 0.3 is 6.09 Å². The van der Waals surface area contributed by atoms with Crippen molar-refractivity contribution in [1.82, 2.24) is 19.3 Å². The highest BCUT2D eigenvalue weighted by atomic mass is 79.9. The van der Waals surface area contributed by atoms with Crippen molar-refractivity contribution in [3.63, 3.8) is 0 Å². The fourth-order valence-corrected chi connectivity index (χ4v) is 3.85. The normalized spacial score (nSPS) is 17.0. The average molecular weight is 416 g/mol. The predicted molar refractivity (Wildman–Crippen MR) is 101 cm³/mol. The number of amides is 1. The van der Waals surface area contributed by atoms with Gasteiger partial charge in [-0.25, -0.2) is 14.8 Å². The third kappa shape index (κ3) is 3.12. The van der Waals surface area contributed by atoms with Gasteiger partial charge in [0.25, 0.3) is 0 Å². The second-order valence-corrected chi connectivity index (χ2v) is 7.01. The molecule has 1 atom stereocenters. The second kappa shape index (κ2) is 6.95. The van der Waals surface area contributed by atoms with Crippen LogP contribution in [0.1, 0.15) is 23.7 Å². The van der Waals surface area contributed by atoms with Gasteiger partial charge in [0.15, 0.2) is 5.82 Å². The maximum absolute atomic E-state index is 12.4. The number of halogens is 1. The summed E-state index contributed by atoms with van der Waals surface area (Å²) in [5, 5.41) is 0. The van der Waals surface area contributed by atoms with Crippen LogP contribution in [0.2, 0.25) is 0 Å². The highest BCUT2D eigenvalue weighted by Gasteiger charge is 2.31. The van der Waals surface area contributed by atoms with E-state index >= 15 is 0 Å². The number of nitrogen functional groups attached to an aromatic ring is 1. The Bertz CT molecular complexity index is 943. The van der Waals surface area contributed by atoms with Crippen LogP contribution in [0.5, 0.6) is 0 Å². The molecule has 3 heterocycles. The van der Waals surface area contributed by atoms with Crippen molar-refractivity contribution in [2.75, 3.05) is 18.8 Å². The number of imidazole rings is 1. The van der Waals surface area contributed by atoms with Gasteiger partial charge in [0, 0.05) is 31.4 Å². The Labute approximate surface area is 158 Å². The van der Waals surface area contributed by atoms with Crippen LogP contribution in [0.25, 0.3) is 5.52 Å². The number of aromatic nitrogens is 3. The Morgan fingerprint density at radius 1 is 1.35 bits per heavy atom. The van der Waals surface area contributed by atoms with Gasteiger partial charge in [-0.3, -0.25) is 4.40 Å². The van der Waals surface area contributed by atoms with Crippen LogP contribution < -0.4 is 5.73 Å². The van der Waals surface area contributed by atoms with Gasteiger partial charge in [0.1, 0.15) is 22.6 Å². The van der Waals surface area contributed by atoms with Gasteiger partial charge in [-0.1, -0.05) is 30.3 Å². The summed E-state index contributed by atoms with van der Waals surface area (Å²) in [6.45, 7) is 1.49. The maximum atomic E-state index is 12.4. The van der Waals surface area contributed by atoms with E-state index in [-0.39, 0.29) is 18.6 Å². The van der Waals surface area contributed by atoms with Gasteiger partial charge in [-0.15, -0.1) is 0 Å². The Kier molecular flexibility index (Phi) is 4.50. The average Bonchev–Trinajstić information content (AvgIpc) is 3.26. The molecule has 0 saturated carbocycles. The lowest BCUT2D eigenvalue weighted by Crippen LogP contribution is -2.29. The molecule has 0 aliphatic carbocycles. The Balaban J connectivity index is 1.45. The molecule has 1 aliphatic rings. The first kappa shape index (κ1) is 16.8. The fourth-order valence-electron chi connectivity index (χ4n) is 3.28. The molecule has 0 spiro atoms. The van der Waals surface area contributed by atoms with E-state index in [9.17, 15) is 4.79 Å². The molecule has 0 radical (unpaired) electrons. The summed E-state index contributed by atoms with van der Waals surface area (Å²) in [5.74, 6) is 1.43. The number of carbonyl (C=O) groups is 1. The third-order valence-electron chi connectivity index (χ3n) is 4.58. The lowest BCUT2D eigenvalue weighted by molar-refractivity contribution is 0.104. The summed E-state index contributed by atoms with van der Waals surface area (Å²) < 4.78 is 8.04. The summed E-state index contributed by atoms with van der Waals surface area (Å²) in [5.41, 5.74) is 7.68. The lowest BCUT2D eigenvalue weighted by Gasteiger charge is -2.16. The van der Waals surface area contributed by atoms with Crippen molar-refractivity contribution >= 4 is 33.4 Å². The van der Waals surface area contributed by atoms with Crippen molar-refractivity contribution in [2.45, 2.75) is 18.9 Å². The number of nitrogens with zero attached hydrogens (tertiary/aromatic N) is 4. The van der Waals surface area contributed by atoms with Crippen LogP contribution >= 0.6 is 15.9 Å². The van der Waals surface area contributed by atoms with E-state index in [0.717, 1.165) is 23.3 Å². The zero-order chi connectivity index (χ0) is 18.1. The Morgan fingerprint density at radius 2 is 2.15 bits per heavy atom. The molecule has 1 fully saturated rings. The molecule has 1 saturated heterocycles. The molecule has 4 rings (SSSR count). The van der Waals surface area contributed by atoms with Crippen LogP contribution in [0.3, 0.4) is 0 Å². The van der Waals surface area contributed by atoms with E-state index in [2.05, 4.69) is 25.9 Å². The van der Waals surface area contributed by atoms with E-state index in [1.807, 2.05) is 40.9 Å². The van der Waals surface area contributed by atoms with Crippen LogP contribution in [-0.2, 0) is 11.3 Å². The number of anilines is 1. The molecule has 8 heteroatoms. The lowest BCUT2D eigenvalue weighted by atomic mass is 10.1. The monoisotopic (exact) mass is 415 g/mol. The highest BCUT2D eigenvalue weighted by Crippen LogP contribution is 2.31. The molecule has 0 bridgehead atoms. The van der Waals surface area contributed by atoms with Crippen molar-refractivity contribution in [3.05, 3.63) is 58.7 Å². The molecule has 1 aromatic carbocycles. The summed E-state index contributed by atoms with van der Waals surface area (Å²) >= 11 is 3.45. The minimum Gasteiger partial charge on any atom is -0.445 e. The minimum atomic E-state index is -0.294. The molecule has 1 aliphatic heterocycles. The first-order valence-corrected chi connectivity index (χ1v) is 9.16. The minimum absolute atomic E-state index is 0.125. The van der Waals surface area contributed by atoms with Crippen LogP contribution in [0, 0.1) is 0 Å². The molecular formula is C18H18BrN5O2. The van der Waals surface area contributed by atoms with E-state index in [0.29, 0.717) is 23.5 Å². The highest BCUT2D eigenvalue weighted by molar-refractivity contribution is 9.10. The maximum Gasteiger partial charge on any atom is 0.410 e. The Hall–Kier alpha value is -2.61. The number of nitrogens with two attached hydrogens (primary N) is 1. The molecule has 134 valence electrons. The van der Waals surface area contributed by atoms with Gasteiger partial charge in [0.2, 0.25) is 0 Å². The van der Waals surface area contributed by atoms with Gasteiger partial charge < -0.3 is 15.4 Å².